The smallest absolute Gasteiger partial charge is 0.272 e. The zero-order chi connectivity index (χ0) is 22.8. The summed E-state index contributed by atoms with van der Waals surface area (Å²) in [6.07, 6.45) is 0.925. The highest BCUT2D eigenvalue weighted by Gasteiger charge is 2.34. The molecule has 2 amide bonds. The van der Waals surface area contributed by atoms with Crippen LogP contribution in [0.4, 0.5) is 0 Å². The number of nitrogens with one attached hydrogen (secondary N) is 2. The topological polar surface area (TPSA) is 103 Å². The first-order valence-electron chi connectivity index (χ1n) is 10.5. The van der Waals surface area contributed by atoms with Gasteiger partial charge in [0.25, 0.3) is 5.91 Å². The summed E-state index contributed by atoms with van der Waals surface area (Å²) in [5.74, 6) is 0.0512. The number of carbonyl (C=O) groups excluding carboxylic acids is 2. The number of hydrogen-bond donors (Lipinski definition) is 2. The van der Waals surface area contributed by atoms with Gasteiger partial charge in [-0.3, -0.25) is 9.59 Å². The average Bonchev–Trinajstić information content (AvgIpc) is 2.97. The molecule has 0 radical (unpaired) electrons. The Morgan fingerprint density at radius 1 is 1.26 bits per heavy atom. The lowest BCUT2D eigenvalue weighted by Crippen LogP contribution is -2.53. The number of amides is 2. The number of rotatable bonds is 4. The molecule has 2 heterocycles. The van der Waals surface area contributed by atoms with Crippen LogP contribution in [0.5, 0.6) is 0 Å². The van der Waals surface area contributed by atoms with Crippen LogP contribution in [0.25, 0.3) is 11.4 Å². The molecule has 8 nitrogen and oxygen atoms in total. The van der Waals surface area contributed by atoms with Crippen molar-refractivity contribution in [1.29, 1.82) is 5.26 Å². The van der Waals surface area contributed by atoms with E-state index in [1.165, 1.54) is 0 Å². The number of fused-ring (bicyclic) bond motifs is 1. The lowest BCUT2D eigenvalue weighted by atomic mass is 9.86. The van der Waals surface area contributed by atoms with Crippen molar-refractivity contribution >= 4 is 11.8 Å². The summed E-state index contributed by atoms with van der Waals surface area (Å²) in [4.78, 5) is 32.6. The van der Waals surface area contributed by atoms with E-state index in [1.807, 2.05) is 40.0 Å². The van der Waals surface area contributed by atoms with Crippen molar-refractivity contribution in [2.24, 2.45) is 5.41 Å². The maximum atomic E-state index is 13.3. The number of nitriles is 1. The minimum Gasteiger partial charge on any atom is -0.357 e. The number of benzene rings is 1. The maximum Gasteiger partial charge on any atom is 0.272 e. The Morgan fingerprint density at radius 2 is 2.00 bits per heavy atom. The van der Waals surface area contributed by atoms with E-state index in [0.717, 1.165) is 30.8 Å². The SMILES string of the molecule is CNC(=O)C(NC(=O)c1nc(-c2cccc(C#N)c2)n2c1CN(C)CCC2)C(C)(C)C. The number of aromatic nitrogens is 2. The highest BCUT2D eigenvalue weighted by atomic mass is 16.2. The van der Waals surface area contributed by atoms with Gasteiger partial charge in [0.1, 0.15) is 11.9 Å². The molecule has 31 heavy (non-hydrogen) atoms. The molecular weight excluding hydrogens is 392 g/mol. The quantitative estimate of drug-likeness (QED) is 0.786. The van der Waals surface area contributed by atoms with Gasteiger partial charge < -0.3 is 20.1 Å². The highest BCUT2D eigenvalue weighted by molar-refractivity contribution is 5.97. The molecule has 0 aliphatic carbocycles. The molecule has 0 saturated heterocycles. The fourth-order valence-corrected chi connectivity index (χ4v) is 3.87. The first kappa shape index (κ1) is 22.5. The van der Waals surface area contributed by atoms with Gasteiger partial charge in [-0.05, 0) is 37.6 Å². The first-order chi connectivity index (χ1) is 14.7. The van der Waals surface area contributed by atoms with Gasteiger partial charge in [0.05, 0.1) is 17.3 Å². The zero-order valence-electron chi connectivity index (χ0n) is 18.8. The summed E-state index contributed by atoms with van der Waals surface area (Å²) >= 11 is 0. The fourth-order valence-electron chi connectivity index (χ4n) is 3.87. The summed E-state index contributed by atoms with van der Waals surface area (Å²) < 4.78 is 2.07. The number of hydrogen-bond acceptors (Lipinski definition) is 5. The second-order valence-electron chi connectivity index (χ2n) is 9.05. The Hall–Kier alpha value is -3.18. The molecule has 0 spiro atoms. The minimum atomic E-state index is -0.698. The summed E-state index contributed by atoms with van der Waals surface area (Å²) in [5.41, 5.74) is 2.01. The third kappa shape index (κ3) is 4.78. The monoisotopic (exact) mass is 422 g/mol. The molecule has 1 aromatic carbocycles. The molecule has 0 bridgehead atoms. The van der Waals surface area contributed by atoms with Crippen LogP contribution in [0.1, 0.15) is 48.9 Å². The van der Waals surface area contributed by atoms with E-state index in [1.54, 1.807) is 19.2 Å². The molecule has 1 unspecified atom stereocenters. The third-order valence-corrected chi connectivity index (χ3v) is 5.53. The van der Waals surface area contributed by atoms with Crippen molar-refractivity contribution in [3.05, 3.63) is 41.2 Å². The van der Waals surface area contributed by atoms with Crippen molar-refractivity contribution < 1.29 is 9.59 Å². The molecule has 164 valence electrons. The van der Waals surface area contributed by atoms with Crippen molar-refractivity contribution in [1.82, 2.24) is 25.1 Å². The van der Waals surface area contributed by atoms with Crippen molar-refractivity contribution in [3.8, 4) is 17.5 Å². The number of likely N-dealkylation sites (N-methyl/N-ethyl adjacent to an activating group) is 1. The predicted molar refractivity (Wildman–Crippen MR) is 118 cm³/mol. The molecule has 0 fully saturated rings. The van der Waals surface area contributed by atoms with Gasteiger partial charge in [0.2, 0.25) is 5.91 Å². The lowest BCUT2D eigenvalue weighted by molar-refractivity contribution is -0.124. The van der Waals surface area contributed by atoms with E-state index in [2.05, 4.69) is 26.2 Å². The van der Waals surface area contributed by atoms with Gasteiger partial charge >= 0.3 is 0 Å². The Morgan fingerprint density at radius 3 is 2.65 bits per heavy atom. The molecule has 1 aromatic heterocycles. The lowest BCUT2D eigenvalue weighted by Gasteiger charge is -2.29. The molecule has 1 aliphatic heterocycles. The van der Waals surface area contributed by atoms with E-state index < -0.39 is 11.5 Å². The zero-order valence-corrected chi connectivity index (χ0v) is 18.8. The normalized spacial score (nSPS) is 15.4. The van der Waals surface area contributed by atoms with E-state index in [4.69, 9.17) is 4.98 Å². The summed E-state index contributed by atoms with van der Waals surface area (Å²) in [7, 11) is 3.58. The van der Waals surface area contributed by atoms with Gasteiger partial charge in [-0.25, -0.2) is 4.98 Å². The molecule has 1 atom stereocenters. The fraction of sp³-hybridized carbons (Fsp3) is 0.478. The van der Waals surface area contributed by atoms with Gasteiger partial charge in [-0.2, -0.15) is 5.26 Å². The highest BCUT2D eigenvalue weighted by Crippen LogP contribution is 2.27. The van der Waals surface area contributed by atoms with Gasteiger partial charge in [-0.15, -0.1) is 0 Å². The van der Waals surface area contributed by atoms with Crippen molar-refractivity contribution in [2.45, 2.75) is 46.3 Å². The van der Waals surface area contributed by atoms with E-state index in [0.29, 0.717) is 23.6 Å². The molecule has 8 heteroatoms. The Labute approximate surface area is 183 Å². The second kappa shape index (κ2) is 8.90. The molecule has 3 rings (SSSR count). The van der Waals surface area contributed by atoms with Crippen LogP contribution in [0.15, 0.2) is 24.3 Å². The third-order valence-electron chi connectivity index (χ3n) is 5.53. The van der Waals surface area contributed by atoms with E-state index in [-0.39, 0.29) is 11.8 Å². The van der Waals surface area contributed by atoms with Crippen LogP contribution in [0.3, 0.4) is 0 Å². The molecule has 2 aromatic rings. The largest absolute Gasteiger partial charge is 0.357 e. The van der Waals surface area contributed by atoms with E-state index in [9.17, 15) is 14.9 Å². The van der Waals surface area contributed by atoms with Gasteiger partial charge in [-0.1, -0.05) is 32.9 Å². The Balaban J connectivity index is 2.07. The standard InChI is InChI=1S/C23H30N6O2/c1-23(2,3)19(22(31)25-4)27-21(30)18-17-14-28(5)10-7-11-29(17)20(26-18)16-9-6-8-15(12-16)13-24/h6,8-9,12,19H,7,10-11,14H2,1-5H3,(H,25,31)(H,27,30). The minimum absolute atomic E-state index is 0.245. The van der Waals surface area contributed by atoms with Crippen LogP contribution in [-0.4, -0.2) is 52.9 Å². The van der Waals surface area contributed by atoms with Crippen LogP contribution < -0.4 is 10.6 Å². The molecular formula is C23H30N6O2. The molecule has 1 aliphatic rings. The van der Waals surface area contributed by atoms with E-state index >= 15 is 0 Å². The maximum absolute atomic E-state index is 13.3. The van der Waals surface area contributed by atoms with Crippen LogP contribution in [0, 0.1) is 16.7 Å². The number of nitrogens with zero attached hydrogens (tertiary/aromatic N) is 4. The predicted octanol–water partition coefficient (Wildman–Crippen LogP) is 2.15. The van der Waals surface area contributed by atoms with Crippen molar-refractivity contribution in [3.63, 3.8) is 0 Å². The second-order valence-corrected chi connectivity index (χ2v) is 9.05. The van der Waals surface area contributed by atoms with Crippen LogP contribution >= 0.6 is 0 Å². The Bertz CT molecular complexity index is 1030. The molecule has 2 N–H and O–H groups in total. The van der Waals surface area contributed by atoms with Crippen molar-refractivity contribution in [2.75, 3.05) is 20.6 Å². The molecule has 0 saturated carbocycles. The Kier molecular flexibility index (Phi) is 6.46. The summed E-state index contributed by atoms with van der Waals surface area (Å²) in [6, 6.07) is 8.71. The summed E-state index contributed by atoms with van der Waals surface area (Å²) in [6.45, 7) is 7.94. The van der Waals surface area contributed by atoms with Gasteiger partial charge in [0, 0.05) is 25.7 Å². The van der Waals surface area contributed by atoms with Gasteiger partial charge in [0.15, 0.2) is 5.69 Å². The number of imidazole rings is 1. The first-order valence-corrected chi connectivity index (χ1v) is 10.5. The van der Waals surface area contributed by atoms with Crippen LogP contribution in [0.2, 0.25) is 0 Å². The summed E-state index contributed by atoms with van der Waals surface area (Å²) in [5, 5.41) is 14.8. The number of carbonyl (C=O) groups is 2. The van der Waals surface area contributed by atoms with Crippen LogP contribution in [-0.2, 0) is 17.9 Å². The average molecular weight is 423 g/mol.